The minimum Gasteiger partial charge on any atom is -0.398 e. The quantitative estimate of drug-likeness (QED) is 0.647. The van der Waals surface area contributed by atoms with Crippen molar-refractivity contribution in [1.82, 2.24) is 0 Å². The minimum atomic E-state index is -2.92. The molecule has 17 heavy (non-hydrogen) atoms. The van der Waals surface area contributed by atoms with E-state index in [1.807, 2.05) is 6.92 Å². The zero-order valence-electron chi connectivity index (χ0n) is 9.65. The van der Waals surface area contributed by atoms with E-state index in [2.05, 4.69) is 0 Å². The predicted molar refractivity (Wildman–Crippen MR) is 75.5 cm³/mol. The molecule has 0 radical (unpaired) electrons. The first-order chi connectivity index (χ1) is 7.94. The molecular weight excluding hydrogens is 278 g/mol. The Balaban J connectivity index is 2.54. The molecule has 0 atom stereocenters. The summed E-state index contributed by atoms with van der Waals surface area (Å²) in [6.07, 6.45) is 0.659. The summed E-state index contributed by atoms with van der Waals surface area (Å²) in [4.78, 5) is 0.837. The Labute approximate surface area is 112 Å². The Kier molecular flexibility index (Phi) is 5.62. The second-order valence-electron chi connectivity index (χ2n) is 3.68. The summed E-state index contributed by atoms with van der Waals surface area (Å²) in [6.45, 7) is 1.86. The molecule has 0 heterocycles. The number of rotatable bonds is 6. The van der Waals surface area contributed by atoms with E-state index < -0.39 is 9.84 Å². The van der Waals surface area contributed by atoms with Gasteiger partial charge in [0.05, 0.1) is 5.75 Å². The molecule has 0 aliphatic rings. The van der Waals surface area contributed by atoms with Gasteiger partial charge in [-0.3, -0.25) is 0 Å². The van der Waals surface area contributed by atoms with Crippen LogP contribution in [0, 0.1) is 0 Å². The van der Waals surface area contributed by atoms with Crippen LogP contribution in [-0.2, 0) is 9.84 Å². The number of anilines is 1. The highest BCUT2D eigenvalue weighted by Crippen LogP contribution is 2.28. The summed E-state index contributed by atoms with van der Waals surface area (Å²) in [5.41, 5.74) is 6.40. The summed E-state index contributed by atoms with van der Waals surface area (Å²) in [6, 6.07) is 5.20. The highest BCUT2D eigenvalue weighted by molar-refractivity contribution is 8.00. The van der Waals surface area contributed by atoms with E-state index in [1.165, 1.54) is 11.8 Å². The molecule has 0 spiro atoms. The van der Waals surface area contributed by atoms with Gasteiger partial charge in [0.1, 0.15) is 0 Å². The second-order valence-corrected chi connectivity index (χ2v) is 7.56. The molecule has 0 aliphatic carbocycles. The molecule has 0 saturated carbocycles. The average Bonchev–Trinajstić information content (AvgIpc) is 2.23. The molecule has 0 saturated heterocycles. The molecule has 6 heteroatoms. The fourth-order valence-electron chi connectivity index (χ4n) is 1.32. The van der Waals surface area contributed by atoms with Crippen LogP contribution >= 0.6 is 23.4 Å². The van der Waals surface area contributed by atoms with Crippen molar-refractivity contribution in [1.29, 1.82) is 0 Å². The summed E-state index contributed by atoms with van der Waals surface area (Å²) in [5.74, 6) is 0.933. The van der Waals surface area contributed by atoms with E-state index in [1.54, 1.807) is 18.2 Å². The third-order valence-electron chi connectivity index (χ3n) is 2.14. The number of hydrogen-bond acceptors (Lipinski definition) is 4. The molecule has 0 bridgehead atoms. The third-order valence-corrected chi connectivity index (χ3v) is 5.57. The molecule has 0 unspecified atom stereocenters. The number of halogens is 1. The first kappa shape index (κ1) is 14.7. The number of benzene rings is 1. The Morgan fingerprint density at radius 3 is 2.71 bits per heavy atom. The molecule has 1 aromatic carbocycles. The molecule has 3 nitrogen and oxygen atoms in total. The van der Waals surface area contributed by atoms with Crippen LogP contribution in [0.1, 0.15) is 13.3 Å². The van der Waals surface area contributed by atoms with E-state index >= 15 is 0 Å². The lowest BCUT2D eigenvalue weighted by Crippen LogP contribution is -2.12. The van der Waals surface area contributed by atoms with Gasteiger partial charge >= 0.3 is 0 Å². The van der Waals surface area contributed by atoms with Crippen LogP contribution < -0.4 is 5.73 Å². The standard InChI is InChI=1S/C11H16ClNO2S2/c1-2-6-17(14,15)7-5-16-11-8-9(12)3-4-10(11)13/h3-4,8H,2,5-7,13H2,1H3. The van der Waals surface area contributed by atoms with E-state index in [4.69, 9.17) is 17.3 Å². The summed E-state index contributed by atoms with van der Waals surface area (Å²) in [7, 11) is -2.92. The number of nitrogens with two attached hydrogens (primary N) is 1. The molecule has 0 aliphatic heterocycles. The van der Waals surface area contributed by atoms with Crippen LogP contribution in [0.5, 0.6) is 0 Å². The van der Waals surface area contributed by atoms with Gasteiger partial charge in [0, 0.05) is 27.1 Å². The van der Waals surface area contributed by atoms with E-state index in [-0.39, 0.29) is 11.5 Å². The molecule has 96 valence electrons. The molecule has 1 rings (SSSR count). The van der Waals surface area contributed by atoms with Crippen molar-refractivity contribution < 1.29 is 8.42 Å². The van der Waals surface area contributed by atoms with E-state index in [9.17, 15) is 8.42 Å². The maximum absolute atomic E-state index is 11.5. The zero-order valence-corrected chi connectivity index (χ0v) is 12.0. The molecule has 1 aromatic rings. The maximum Gasteiger partial charge on any atom is 0.151 e. The Hall–Kier alpha value is -0.390. The topological polar surface area (TPSA) is 60.2 Å². The van der Waals surface area contributed by atoms with E-state index in [0.717, 1.165) is 4.90 Å². The lowest BCUT2D eigenvalue weighted by molar-refractivity contribution is 0.596. The van der Waals surface area contributed by atoms with Gasteiger partial charge in [-0.25, -0.2) is 8.42 Å². The molecule has 0 amide bonds. The minimum absolute atomic E-state index is 0.178. The normalized spacial score (nSPS) is 11.6. The number of thioether (sulfide) groups is 1. The zero-order chi connectivity index (χ0) is 12.9. The van der Waals surface area contributed by atoms with Gasteiger partial charge in [0.25, 0.3) is 0 Å². The van der Waals surface area contributed by atoms with Gasteiger partial charge < -0.3 is 5.73 Å². The maximum atomic E-state index is 11.5. The van der Waals surface area contributed by atoms with Gasteiger partial charge in [-0.1, -0.05) is 18.5 Å². The highest BCUT2D eigenvalue weighted by Gasteiger charge is 2.10. The largest absolute Gasteiger partial charge is 0.398 e. The van der Waals surface area contributed by atoms with E-state index in [0.29, 0.717) is 22.9 Å². The monoisotopic (exact) mass is 293 g/mol. The molecule has 0 aromatic heterocycles. The summed E-state index contributed by atoms with van der Waals surface area (Å²) < 4.78 is 23.0. The van der Waals surface area contributed by atoms with Gasteiger partial charge in [0.2, 0.25) is 0 Å². The van der Waals surface area contributed by atoms with Crippen LogP contribution in [-0.4, -0.2) is 25.7 Å². The molecular formula is C11H16ClNO2S2. The average molecular weight is 294 g/mol. The highest BCUT2D eigenvalue weighted by atomic mass is 35.5. The lowest BCUT2D eigenvalue weighted by Gasteiger charge is -2.06. The summed E-state index contributed by atoms with van der Waals surface area (Å²) >= 11 is 7.27. The molecule has 2 N–H and O–H groups in total. The first-order valence-corrected chi connectivity index (χ1v) is 8.51. The van der Waals surface area contributed by atoms with Crippen molar-refractivity contribution in [2.45, 2.75) is 18.2 Å². The lowest BCUT2D eigenvalue weighted by atomic mass is 10.3. The van der Waals surface area contributed by atoms with Gasteiger partial charge in [0.15, 0.2) is 9.84 Å². The van der Waals surface area contributed by atoms with Crippen LogP contribution in [0.15, 0.2) is 23.1 Å². The Bertz CT molecular complexity index is 474. The van der Waals surface area contributed by atoms with Crippen molar-refractivity contribution >= 4 is 38.9 Å². The van der Waals surface area contributed by atoms with Crippen molar-refractivity contribution in [3.8, 4) is 0 Å². The van der Waals surface area contributed by atoms with Gasteiger partial charge in [-0.15, -0.1) is 11.8 Å². The first-order valence-electron chi connectivity index (χ1n) is 5.33. The fourth-order valence-corrected chi connectivity index (χ4v) is 4.40. The third kappa shape index (κ3) is 5.19. The van der Waals surface area contributed by atoms with Crippen LogP contribution in [0.2, 0.25) is 5.02 Å². The van der Waals surface area contributed by atoms with Crippen molar-refractivity contribution in [2.24, 2.45) is 0 Å². The van der Waals surface area contributed by atoms with Gasteiger partial charge in [-0.05, 0) is 24.6 Å². The second kappa shape index (κ2) is 6.52. The summed E-state index contributed by atoms with van der Waals surface area (Å²) in [5, 5.41) is 0.609. The van der Waals surface area contributed by atoms with Crippen molar-refractivity contribution in [3.63, 3.8) is 0 Å². The Morgan fingerprint density at radius 1 is 1.35 bits per heavy atom. The van der Waals surface area contributed by atoms with Crippen LogP contribution in [0.3, 0.4) is 0 Å². The number of hydrogen-bond donors (Lipinski definition) is 1. The smallest absolute Gasteiger partial charge is 0.151 e. The SMILES string of the molecule is CCCS(=O)(=O)CCSc1cc(Cl)ccc1N. The van der Waals surface area contributed by atoms with Gasteiger partial charge in [-0.2, -0.15) is 0 Å². The predicted octanol–water partition coefficient (Wildman–Crippen LogP) is 2.84. The number of nitrogen functional groups attached to an aromatic ring is 1. The van der Waals surface area contributed by atoms with Crippen LogP contribution in [0.4, 0.5) is 5.69 Å². The fraction of sp³-hybridized carbons (Fsp3) is 0.455. The van der Waals surface area contributed by atoms with Crippen LogP contribution in [0.25, 0.3) is 0 Å². The van der Waals surface area contributed by atoms with Crippen molar-refractivity contribution in [3.05, 3.63) is 23.2 Å². The molecule has 0 fully saturated rings. The van der Waals surface area contributed by atoms with Crippen molar-refractivity contribution in [2.75, 3.05) is 23.0 Å². The number of sulfone groups is 1. The Morgan fingerprint density at radius 2 is 2.06 bits per heavy atom.